The molecule has 0 aliphatic carbocycles. The fourth-order valence-corrected chi connectivity index (χ4v) is 6.51. The molecule has 2 saturated heterocycles. The molecular formula is C31H53N3O5S2. The van der Waals surface area contributed by atoms with Gasteiger partial charge in [-0.25, -0.2) is 8.42 Å². The first-order valence-electron chi connectivity index (χ1n) is 15.0. The Hall–Kier alpha value is -2.09. The first-order valence-corrected chi connectivity index (χ1v) is 17.8. The maximum atomic E-state index is 12.0. The van der Waals surface area contributed by atoms with Gasteiger partial charge in [-0.1, -0.05) is 69.5 Å². The fraction of sp³-hybridized carbons (Fsp3) is 0.710. The van der Waals surface area contributed by atoms with Gasteiger partial charge in [-0.05, 0) is 60.0 Å². The summed E-state index contributed by atoms with van der Waals surface area (Å²) in [6, 6.07) is 10.5. The molecule has 2 fully saturated rings. The highest BCUT2D eigenvalue weighted by molar-refractivity contribution is 8.01. The Kier molecular flexibility index (Phi) is 20.5. The lowest BCUT2D eigenvalue weighted by Crippen LogP contribution is -2.40. The monoisotopic (exact) mass is 611 g/mol. The van der Waals surface area contributed by atoms with Crippen molar-refractivity contribution in [2.75, 3.05) is 44.3 Å². The summed E-state index contributed by atoms with van der Waals surface area (Å²) in [5.74, 6) is -0.819. The summed E-state index contributed by atoms with van der Waals surface area (Å²) < 4.78 is 27.3. The van der Waals surface area contributed by atoms with Gasteiger partial charge in [0.15, 0.2) is 15.8 Å². The molecule has 234 valence electrons. The normalized spacial score (nSPS) is 19.3. The molecule has 2 heterocycles. The lowest BCUT2D eigenvalue weighted by Gasteiger charge is -2.25. The van der Waals surface area contributed by atoms with E-state index < -0.39 is 27.1 Å². The average Bonchev–Trinajstić information content (AvgIpc) is 3.31. The van der Waals surface area contributed by atoms with Crippen LogP contribution in [-0.4, -0.2) is 85.0 Å². The number of carbonyl (C=O) groups is 2. The Bertz CT molecular complexity index is 998. The van der Waals surface area contributed by atoms with E-state index >= 15 is 0 Å². The van der Waals surface area contributed by atoms with Gasteiger partial charge < -0.3 is 14.5 Å². The van der Waals surface area contributed by atoms with Gasteiger partial charge >= 0.3 is 5.97 Å². The highest BCUT2D eigenvalue weighted by Crippen LogP contribution is 2.37. The average molecular weight is 612 g/mol. The third kappa shape index (κ3) is 14.6. The van der Waals surface area contributed by atoms with E-state index in [1.54, 1.807) is 18.7 Å². The van der Waals surface area contributed by atoms with E-state index in [4.69, 9.17) is 10.00 Å². The number of hydrogen-bond donors (Lipinski definition) is 0. The van der Waals surface area contributed by atoms with Crippen molar-refractivity contribution >= 4 is 33.5 Å². The number of sulfone groups is 1. The van der Waals surface area contributed by atoms with Crippen LogP contribution in [0.4, 0.5) is 0 Å². The number of hydrogen-bond acceptors (Lipinski definition) is 8. The molecule has 10 heteroatoms. The topological polar surface area (TPSA) is 108 Å². The first kappa shape index (κ1) is 38.9. The van der Waals surface area contributed by atoms with Crippen molar-refractivity contribution in [3.05, 3.63) is 35.4 Å². The van der Waals surface area contributed by atoms with E-state index in [0.717, 1.165) is 19.6 Å². The summed E-state index contributed by atoms with van der Waals surface area (Å²) in [4.78, 5) is 27.6. The predicted molar refractivity (Wildman–Crippen MR) is 170 cm³/mol. The van der Waals surface area contributed by atoms with Crippen molar-refractivity contribution in [2.24, 2.45) is 5.92 Å². The molecule has 1 aromatic rings. The van der Waals surface area contributed by atoms with E-state index in [0.29, 0.717) is 18.7 Å². The molecule has 1 amide bonds. The van der Waals surface area contributed by atoms with E-state index in [1.807, 2.05) is 33.8 Å². The molecule has 0 aromatic heterocycles. The van der Waals surface area contributed by atoms with Crippen LogP contribution in [0.3, 0.4) is 0 Å². The van der Waals surface area contributed by atoms with Gasteiger partial charge in [0.05, 0.1) is 23.7 Å². The Balaban J connectivity index is 0.000000606. The molecule has 8 nitrogen and oxygen atoms in total. The Morgan fingerprint density at radius 2 is 1.59 bits per heavy atom. The number of nitriles is 1. The number of rotatable bonds is 9. The number of thioether (sulfide) groups is 1. The highest BCUT2D eigenvalue weighted by Gasteiger charge is 2.45. The molecule has 3 rings (SSSR count). The third-order valence-electron chi connectivity index (χ3n) is 6.67. The van der Waals surface area contributed by atoms with Gasteiger partial charge in [-0.3, -0.25) is 9.59 Å². The van der Waals surface area contributed by atoms with Crippen molar-refractivity contribution < 1.29 is 22.7 Å². The lowest BCUT2D eigenvalue weighted by atomic mass is 10.1. The van der Waals surface area contributed by atoms with Crippen LogP contribution >= 0.6 is 11.8 Å². The molecule has 0 N–H and O–H groups in total. The number of ether oxygens (including phenoxy) is 1. The second kappa shape index (κ2) is 21.6. The molecule has 0 bridgehead atoms. The molecule has 1 aromatic carbocycles. The summed E-state index contributed by atoms with van der Waals surface area (Å²) in [5, 5.41) is 8.57. The Labute approximate surface area is 254 Å². The minimum Gasteiger partial charge on any atom is -0.465 e. The van der Waals surface area contributed by atoms with Crippen LogP contribution in [0, 0.1) is 31.1 Å². The molecule has 3 unspecified atom stereocenters. The standard InChI is InChI=1S/C12H18N2O3S.C9H19NO2S.C8H10.C2H6/c1-4-9-10(15)14(5-2)11(18-9)8(7-13)12(16)17-6-3;1-2-13(11,12)9-8-10-6-4-3-5-7-10;1-7-3-5-8(2)6-4-7;1-2/h8-9,11H,4-6H2,1-3H3;2-9H2,1H3;3-6H,1-2H3;1-2H3. The van der Waals surface area contributed by atoms with E-state index in [9.17, 15) is 18.0 Å². The Morgan fingerprint density at radius 3 is 2.00 bits per heavy atom. The van der Waals surface area contributed by atoms with E-state index in [-0.39, 0.29) is 23.5 Å². The zero-order valence-corrected chi connectivity index (χ0v) is 28.2. The van der Waals surface area contributed by atoms with Gasteiger partial charge in [-0.15, -0.1) is 11.8 Å². The maximum Gasteiger partial charge on any atom is 0.326 e. The Morgan fingerprint density at radius 1 is 1.05 bits per heavy atom. The van der Waals surface area contributed by atoms with Gasteiger partial charge in [0.1, 0.15) is 5.37 Å². The van der Waals surface area contributed by atoms with Crippen LogP contribution in [0.5, 0.6) is 0 Å². The van der Waals surface area contributed by atoms with Crippen molar-refractivity contribution in [2.45, 2.75) is 91.7 Å². The number of benzene rings is 1. The second-order valence-electron chi connectivity index (χ2n) is 9.70. The molecule has 0 radical (unpaired) electrons. The summed E-state index contributed by atoms with van der Waals surface area (Å²) >= 11 is 1.39. The summed E-state index contributed by atoms with van der Waals surface area (Å²) in [6.07, 6.45) is 4.47. The molecule has 2 aliphatic heterocycles. The number of nitrogens with zero attached hydrogens (tertiary/aromatic N) is 3. The van der Waals surface area contributed by atoms with Gasteiger partial charge in [-0.2, -0.15) is 5.26 Å². The predicted octanol–water partition coefficient (Wildman–Crippen LogP) is 5.63. The van der Waals surface area contributed by atoms with Gasteiger partial charge in [0, 0.05) is 18.8 Å². The quantitative estimate of drug-likeness (QED) is 0.331. The number of esters is 1. The molecule has 41 heavy (non-hydrogen) atoms. The molecule has 0 spiro atoms. The number of carbonyl (C=O) groups excluding carboxylic acids is 2. The van der Waals surface area contributed by atoms with Crippen LogP contribution in [0.15, 0.2) is 24.3 Å². The first-order chi connectivity index (χ1) is 19.5. The van der Waals surface area contributed by atoms with E-state index in [2.05, 4.69) is 43.0 Å². The summed E-state index contributed by atoms with van der Waals surface area (Å²) in [5.41, 5.74) is 2.66. The maximum absolute atomic E-state index is 12.0. The zero-order chi connectivity index (χ0) is 31.4. The third-order valence-corrected chi connectivity index (χ3v) is 10.0. The van der Waals surface area contributed by atoms with Crippen LogP contribution in [-0.2, 0) is 24.2 Å². The van der Waals surface area contributed by atoms with Gasteiger partial charge in [0.25, 0.3) is 0 Å². The smallest absolute Gasteiger partial charge is 0.326 e. The summed E-state index contributed by atoms with van der Waals surface area (Å²) in [6.45, 7) is 19.0. The van der Waals surface area contributed by atoms with Crippen LogP contribution in [0.25, 0.3) is 0 Å². The zero-order valence-electron chi connectivity index (χ0n) is 26.5. The molecule has 0 saturated carbocycles. The van der Waals surface area contributed by atoms with Crippen molar-refractivity contribution in [1.29, 1.82) is 5.26 Å². The summed E-state index contributed by atoms with van der Waals surface area (Å²) in [7, 11) is -2.76. The van der Waals surface area contributed by atoms with Gasteiger partial charge in [0.2, 0.25) is 5.91 Å². The lowest BCUT2D eigenvalue weighted by molar-refractivity contribution is -0.147. The van der Waals surface area contributed by atoms with Crippen LogP contribution < -0.4 is 0 Å². The number of piperidine rings is 1. The highest BCUT2D eigenvalue weighted by atomic mass is 32.2. The molecule has 2 aliphatic rings. The van der Waals surface area contributed by atoms with Crippen molar-refractivity contribution in [1.82, 2.24) is 9.80 Å². The van der Waals surface area contributed by atoms with Crippen LogP contribution in [0.1, 0.15) is 78.4 Å². The minimum atomic E-state index is -2.76. The number of amides is 1. The van der Waals surface area contributed by atoms with Crippen molar-refractivity contribution in [3.8, 4) is 6.07 Å². The van der Waals surface area contributed by atoms with Crippen molar-refractivity contribution in [3.63, 3.8) is 0 Å². The van der Waals surface area contributed by atoms with Crippen LogP contribution in [0.2, 0.25) is 0 Å². The number of aryl methyl sites for hydroxylation is 2. The molecule has 3 atom stereocenters. The molecular weight excluding hydrogens is 558 g/mol. The number of likely N-dealkylation sites (tertiary alicyclic amines) is 1. The largest absolute Gasteiger partial charge is 0.465 e. The fourth-order valence-electron chi connectivity index (χ4n) is 4.17. The SMILES string of the molecule is CC.CCOC(=O)C(C#N)C1SC(CC)C(=O)N1CC.CCS(=O)(=O)CCN1CCCCC1.Cc1ccc(C)cc1. The minimum absolute atomic E-state index is 0.0135. The second-order valence-corrected chi connectivity index (χ2v) is 13.5. The van der Waals surface area contributed by atoms with E-state index in [1.165, 1.54) is 42.2 Å².